The van der Waals surface area contributed by atoms with Crippen molar-refractivity contribution < 1.29 is 0 Å². The van der Waals surface area contributed by atoms with Crippen molar-refractivity contribution in [2.75, 3.05) is 38.5 Å². The van der Waals surface area contributed by atoms with Gasteiger partial charge in [-0.25, -0.2) is 9.98 Å². The molecule has 3 heterocycles. The fourth-order valence-electron chi connectivity index (χ4n) is 2.87. The Morgan fingerprint density at radius 3 is 2.73 bits per heavy atom. The molecule has 0 atom stereocenters. The number of nitrogens with one attached hydrogen (secondary N) is 1. The minimum absolute atomic E-state index is 0.935. The Labute approximate surface area is 134 Å². The normalized spacial score (nSPS) is 18.1. The van der Waals surface area contributed by atoms with Crippen LogP contribution in [-0.4, -0.2) is 53.8 Å². The number of hydrogen-bond donors (Lipinski definition) is 1. The number of piperazine rings is 1. The summed E-state index contributed by atoms with van der Waals surface area (Å²) >= 11 is 1.72. The molecule has 2 aliphatic rings. The third-order valence-corrected chi connectivity index (χ3v) is 5.09. The van der Waals surface area contributed by atoms with Gasteiger partial charge in [0.2, 0.25) is 0 Å². The van der Waals surface area contributed by atoms with E-state index >= 15 is 0 Å². The summed E-state index contributed by atoms with van der Waals surface area (Å²) in [4.78, 5) is 15.5. The summed E-state index contributed by atoms with van der Waals surface area (Å²) in [7, 11) is 2.17. The highest BCUT2D eigenvalue weighted by atomic mass is 32.1. The van der Waals surface area contributed by atoms with Gasteiger partial charge in [0.25, 0.3) is 0 Å². The summed E-state index contributed by atoms with van der Waals surface area (Å²) in [6.07, 6.45) is 0. The number of rotatable bonds is 0. The van der Waals surface area contributed by atoms with Crippen molar-refractivity contribution in [3.8, 4) is 0 Å². The molecule has 4 rings (SSSR count). The Hall–Kier alpha value is -1.92. The predicted octanol–water partition coefficient (Wildman–Crippen LogP) is 2.83. The Morgan fingerprint density at radius 1 is 1.14 bits per heavy atom. The highest BCUT2D eigenvalue weighted by molar-refractivity contribution is 7.14. The standard InChI is InChI=1S/C16H19N5S/c1-11-17-15-14(22-11)16(21-9-7-20(2)8-10-21)19-13-6-4-3-5-12(13)18-15/h3-6,18H,7-10H2,1-2H3. The number of thiazole rings is 1. The lowest BCUT2D eigenvalue weighted by Crippen LogP contribution is -2.47. The van der Waals surface area contributed by atoms with Crippen LogP contribution in [0.4, 0.5) is 17.2 Å². The first-order chi connectivity index (χ1) is 10.7. The molecular weight excluding hydrogens is 294 g/mol. The van der Waals surface area contributed by atoms with E-state index < -0.39 is 0 Å². The van der Waals surface area contributed by atoms with E-state index in [2.05, 4.69) is 46.2 Å². The third kappa shape index (κ3) is 2.38. The number of anilines is 2. The molecule has 0 spiro atoms. The first-order valence-corrected chi connectivity index (χ1v) is 8.38. The van der Waals surface area contributed by atoms with Gasteiger partial charge in [-0.15, -0.1) is 11.3 Å². The highest BCUT2D eigenvalue weighted by Gasteiger charge is 2.26. The smallest absolute Gasteiger partial charge is 0.152 e. The number of hydrogen-bond acceptors (Lipinski definition) is 6. The van der Waals surface area contributed by atoms with Crippen LogP contribution in [0, 0.1) is 6.92 Å². The van der Waals surface area contributed by atoms with Crippen LogP contribution >= 0.6 is 11.3 Å². The van der Waals surface area contributed by atoms with Gasteiger partial charge in [-0.2, -0.15) is 0 Å². The van der Waals surface area contributed by atoms with E-state index in [1.54, 1.807) is 11.3 Å². The van der Waals surface area contributed by atoms with Crippen molar-refractivity contribution in [2.24, 2.45) is 4.99 Å². The van der Waals surface area contributed by atoms with E-state index in [4.69, 9.17) is 4.99 Å². The van der Waals surface area contributed by atoms with E-state index in [-0.39, 0.29) is 0 Å². The van der Waals surface area contributed by atoms with E-state index in [0.29, 0.717) is 0 Å². The summed E-state index contributed by atoms with van der Waals surface area (Å²) in [5.74, 6) is 2.00. The van der Waals surface area contributed by atoms with E-state index in [1.807, 2.05) is 12.1 Å². The second-order valence-corrected chi connectivity index (χ2v) is 6.98. The molecule has 0 radical (unpaired) electrons. The number of nitrogens with zero attached hydrogens (tertiary/aromatic N) is 4. The van der Waals surface area contributed by atoms with Crippen LogP contribution in [0.25, 0.3) is 0 Å². The first kappa shape index (κ1) is 13.7. The predicted molar refractivity (Wildman–Crippen MR) is 91.8 cm³/mol. The van der Waals surface area contributed by atoms with Crippen molar-refractivity contribution >= 4 is 34.4 Å². The number of benzene rings is 1. The molecule has 2 aliphatic heterocycles. The SMILES string of the molecule is Cc1nc2c(s1)C(N1CCN(C)CC1)=Nc1ccccc1N2. The quantitative estimate of drug-likeness (QED) is 0.812. The van der Waals surface area contributed by atoms with E-state index in [0.717, 1.165) is 59.1 Å². The third-order valence-electron chi connectivity index (χ3n) is 4.12. The molecule has 0 saturated carbocycles. The maximum absolute atomic E-state index is 4.97. The van der Waals surface area contributed by atoms with Gasteiger partial charge in [0.1, 0.15) is 4.88 Å². The summed E-state index contributed by atoms with van der Waals surface area (Å²) in [5.41, 5.74) is 2.01. The summed E-state index contributed by atoms with van der Waals surface area (Å²) in [6, 6.07) is 8.18. The fourth-order valence-corrected chi connectivity index (χ4v) is 3.76. The largest absolute Gasteiger partial charge is 0.353 e. The number of para-hydroxylation sites is 2. The average Bonchev–Trinajstić information content (AvgIpc) is 2.80. The van der Waals surface area contributed by atoms with Crippen LogP contribution < -0.4 is 5.32 Å². The maximum Gasteiger partial charge on any atom is 0.152 e. The lowest BCUT2D eigenvalue weighted by atomic mass is 10.3. The molecule has 114 valence electrons. The van der Waals surface area contributed by atoms with Gasteiger partial charge in [-0.05, 0) is 26.1 Å². The van der Waals surface area contributed by atoms with Gasteiger partial charge in [0, 0.05) is 26.2 Å². The van der Waals surface area contributed by atoms with Crippen molar-refractivity contribution in [3.63, 3.8) is 0 Å². The molecule has 6 heteroatoms. The molecule has 0 unspecified atom stereocenters. The summed E-state index contributed by atoms with van der Waals surface area (Å²) < 4.78 is 0. The van der Waals surface area contributed by atoms with Crippen LogP contribution in [0.1, 0.15) is 9.88 Å². The molecule has 1 aromatic carbocycles. The zero-order valence-corrected chi connectivity index (χ0v) is 13.7. The number of likely N-dealkylation sites (N-methyl/N-ethyl adjacent to an activating group) is 1. The molecule has 1 fully saturated rings. The lowest BCUT2D eigenvalue weighted by Gasteiger charge is -2.34. The van der Waals surface area contributed by atoms with Crippen LogP contribution in [0.2, 0.25) is 0 Å². The zero-order valence-electron chi connectivity index (χ0n) is 12.8. The van der Waals surface area contributed by atoms with E-state index in [9.17, 15) is 0 Å². The molecule has 5 nitrogen and oxygen atoms in total. The monoisotopic (exact) mass is 313 g/mol. The summed E-state index contributed by atoms with van der Waals surface area (Å²) in [6.45, 7) is 6.21. The van der Waals surface area contributed by atoms with Crippen LogP contribution in [0.15, 0.2) is 29.3 Å². The topological polar surface area (TPSA) is 43.8 Å². The van der Waals surface area contributed by atoms with Gasteiger partial charge in [-0.1, -0.05) is 12.1 Å². The Bertz CT molecular complexity index is 728. The van der Waals surface area contributed by atoms with Gasteiger partial charge in [0.15, 0.2) is 11.7 Å². The zero-order chi connectivity index (χ0) is 15.1. The van der Waals surface area contributed by atoms with Crippen LogP contribution in [0.3, 0.4) is 0 Å². The van der Waals surface area contributed by atoms with Gasteiger partial charge >= 0.3 is 0 Å². The van der Waals surface area contributed by atoms with Crippen molar-refractivity contribution in [1.29, 1.82) is 0 Å². The van der Waals surface area contributed by atoms with Gasteiger partial charge in [0.05, 0.1) is 16.4 Å². The molecule has 1 N–H and O–H groups in total. The highest BCUT2D eigenvalue weighted by Crippen LogP contribution is 2.36. The molecule has 0 amide bonds. The number of aryl methyl sites for hydroxylation is 1. The molecule has 1 aromatic heterocycles. The van der Waals surface area contributed by atoms with Crippen molar-refractivity contribution in [2.45, 2.75) is 6.92 Å². The van der Waals surface area contributed by atoms with Crippen molar-refractivity contribution in [1.82, 2.24) is 14.8 Å². The van der Waals surface area contributed by atoms with Gasteiger partial charge < -0.3 is 15.1 Å². The van der Waals surface area contributed by atoms with Crippen molar-refractivity contribution in [3.05, 3.63) is 34.2 Å². The average molecular weight is 313 g/mol. The Balaban J connectivity index is 1.81. The number of fused-ring (bicyclic) bond motifs is 2. The minimum Gasteiger partial charge on any atom is -0.353 e. The number of amidine groups is 1. The maximum atomic E-state index is 4.97. The fraction of sp³-hybridized carbons (Fsp3) is 0.375. The van der Waals surface area contributed by atoms with Gasteiger partial charge in [-0.3, -0.25) is 0 Å². The molecule has 1 saturated heterocycles. The van der Waals surface area contributed by atoms with Crippen LogP contribution in [0.5, 0.6) is 0 Å². The molecule has 0 bridgehead atoms. The molecule has 2 aromatic rings. The minimum atomic E-state index is 0.935. The second-order valence-electron chi connectivity index (χ2n) is 5.78. The summed E-state index contributed by atoms with van der Waals surface area (Å²) in [5, 5.41) is 4.52. The first-order valence-electron chi connectivity index (χ1n) is 7.57. The Morgan fingerprint density at radius 2 is 1.91 bits per heavy atom. The molecule has 22 heavy (non-hydrogen) atoms. The molecular formula is C16H19N5S. The molecule has 0 aliphatic carbocycles. The van der Waals surface area contributed by atoms with E-state index in [1.165, 1.54) is 0 Å². The number of aliphatic imine (C=N–C) groups is 1. The Kier molecular flexibility index (Phi) is 3.35. The second kappa shape index (κ2) is 5.37. The van der Waals surface area contributed by atoms with Crippen LogP contribution in [-0.2, 0) is 0 Å². The lowest BCUT2D eigenvalue weighted by molar-refractivity contribution is 0.216. The number of aromatic nitrogens is 1.